The molecule has 1 saturated carbocycles. The van der Waals surface area contributed by atoms with Gasteiger partial charge in [0.1, 0.15) is 0 Å². The highest BCUT2D eigenvalue weighted by Crippen LogP contribution is 2.43. The number of benzene rings is 1. The van der Waals surface area contributed by atoms with Crippen molar-refractivity contribution in [3.8, 4) is 6.07 Å². The molecule has 1 aliphatic rings. The Morgan fingerprint density at radius 1 is 1.29 bits per heavy atom. The second-order valence-corrected chi connectivity index (χ2v) is 5.91. The van der Waals surface area contributed by atoms with Gasteiger partial charge in [-0.2, -0.15) is 5.26 Å². The third kappa shape index (κ3) is 2.69. The average molecular weight is 227 g/mol. The molecule has 2 unspecified atom stereocenters. The quantitative estimate of drug-likeness (QED) is 0.743. The zero-order valence-corrected chi connectivity index (χ0v) is 11.1. The van der Waals surface area contributed by atoms with Crippen LogP contribution in [0.15, 0.2) is 18.2 Å². The van der Waals surface area contributed by atoms with Gasteiger partial charge in [-0.05, 0) is 51.0 Å². The fraction of sp³-hybridized carbons (Fsp3) is 0.562. The Morgan fingerprint density at radius 2 is 1.94 bits per heavy atom. The minimum absolute atomic E-state index is 0.0976. The van der Waals surface area contributed by atoms with E-state index in [2.05, 4.69) is 45.0 Å². The summed E-state index contributed by atoms with van der Waals surface area (Å²) in [5, 5.41) is 9.48. The Balaban J connectivity index is 2.22. The van der Waals surface area contributed by atoms with Gasteiger partial charge in [-0.25, -0.2) is 0 Å². The summed E-state index contributed by atoms with van der Waals surface area (Å²) in [7, 11) is 0. The molecule has 0 heterocycles. The molecule has 0 radical (unpaired) electrons. The Hall–Kier alpha value is -1.29. The van der Waals surface area contributed by atoms with Crippen molar-refractivity contribution < 1.29 is 0 Å². The van der Waals surface area contributed by atoms with Crippen LogP contribution in [-0.2, 0) is 6.42 Å². The van der Waals surface area contributed by atoms with Crippen LogP contribution in [0.25, 0.3) is 0 Å². The molecule has 0 amide bonds. The predicted octanol–water partition coefficient (Wildman–Crippen LogP) is 4.18. The molecule has 0 bridgehead atoms. The largest absolute Gasteiger partial charge is 0.198 e. The first-order valence-electron chi connectivity index (χ1n) is 6.51. The summed E-state index contributed by atoms with van der Waals surface area (Å²) in [4.78, 5) is 0. The summed E-state index contributed by atoms with van der Waals surface area (Å²) in [6.45, 7) is 6.53. The van der Waals surface area contributed by atoms with E-state index in [0.717, 1.165) is 19.3 Å². The molecule has 2 atom stereocenters. The molecule has 0 aliphatic heterocycles. The third-order valence-corrected chi connectivity index (χ3v) is 3.92. The molecule has 1 heteroatoms. The summed E-state index contributed by atoms with van der Waals surface area (Å²) < 4.78 is 0. The van der Waals surface area contributed by atoms with Gasteiger partial charge in [0.25, 0.3) is 0 Å². The van der Waals surface area contributed by atoms with Gasteiger partial charge >= 0.3 is 0 Å². The molecule has 1 aliphatic carbocycles. The molecule has 0 N–H and O–H groups in total. The van der Waals surface area contributed by atoms with E-state index >= 15 is 0 Å². The molecule has 1 aromatic carbocycles. The van der Waals surface area contributed by atoms with Gasteiger partial charge in [-0.1, -0.05) is 36.2 Å². The Morgan fingerprint density at radius 3 is 2.41 bits per heavy atom. The van der Waals surface area contributed by atoms with Crippen molar-refractivity contribution in [2.45, 2.75) is 46.5 Å². The second-order valence-electron chi connectivity index (χ2n) is 5.91. The van der Waals surface area contributed by atoms with Crippen molar-refractivity contribution >= 4 is 0 Å². The van der Waals surface area contributed by atoms with Gasteiger partial charge in [0.15, 0.2) is 0 Å². The summed E-state index contributed by atoms with van der Waals surface area (Å²) in [5.74, 6) is 0.709. The van der Waals surface area contributed by atoms with Gasteiger partial charge in [-0.3, -0.25) is 0 Å². The van der Waals surface area contributed by atoms with Crippen LogP contribution < -0.4 is 0 Å². The lowest BCUT2D eigenvalue weighted by Gasteiger charge is -2.21. The molecule has 1 nitrogen and oxygen atoms in total. The average Bonchev–Trinajstić information content (AvgIpc) is 2.59. The predicted molar refractivity (Wildman–Crippen MR) is 70.7 cm³/mol. The van der Waals surface area contributed by atoms with Crippen molar-refractivity contribution in [2.75, 3.05) is 0 Å². The maximum Gasteiger partial charge on any atom is 0.0693 e. The minimum atomic E-state index is -0.0976. The molecule has 0 saturated heterocycles. The lowest BCUT2D eigenvalue weighted by Crippen LogP contribution is -2.17. The van der Waals surface area contributed by atoms with E-state index in [9.17, 15) is 5.26 Å². The fourth-order valence-electron chi connectivity index (χ4n) is 3.26. The first-order chi connectivity index (χ1) is 8.03. The van der Waals surface area contributed by atoms with Crippen molar-refractivity contribution in [3.63, 3.8) is 0 Å². The van der Waals surface area contributed by atoms with Gasteiger partial charge in [-0.15, -0.1) is 0 Å². The van der Waals surface area contributed by atoms with Crippen LogP contribution in [0.3, 0.4) is 0 Å². The van der Waals surface area contributed by atoms with Gasteiger partial charge in [0.05, 0.1) is 11.5 Å². The normalized spacial score (nSPS) is 28.0. The number of aryl methyl sites for hydroxylation is 2. The monoisotopic (exact) mass is 227 g/mol. The first kappa shape index (κ1) is 12.2. The molecule has 0 spiro atoms. The van der Waals surface area contributed by atoms with Gasteiger partial charge < -0.3 is 0 Å². The SMILES string of the molecule is Cc1cc(C)cc(CC2(C#N)CCC(C)C2)c1. The molecular weight excluding hydrogens is 206 g/mol. The van der Waals surface area contributed by atoms with Crippen LogP contribution in [0.5, 0.6) is 0 Å². The molecule has 2 rings (SSSR count). The molecular formula is C16H21N. The second kappa shape index (κ2) is 4.53. The lowest BCUT2D eigenvalue weighted by atomic mass is 9.80. The van der Waals surface area contributed by atoms with Gasteiger partial charge in [0, 0.05) is 0 Å². The van der Waals surface area contributed by atoms with Crippen molar-refractivity contribution in [1.82, 2.24) is 0 Å². The van der Waals surface area contributed by atoms with Crippen LogP contribution in [0.2, 0.25) is 0 Å². The third-order valence-electron chi connectivity index (χ3n) is 3.92. The topological polar surface area (TPSA) is 23.8 Å². The minimum Gasteiger partial charge on any atom is -0.198 e. The molecule has 17 heavy (non-hydrogen) atoms. The number of nitrogens with zero attached hydrogens (tertiary/aromatic N) is 1. The van der Waals surface area contributed by atoms with Crippen molar-refractivity contribution in [2.24, 2.45) is 11.3 Å². The molecule has 0 aromatic heterocycles. The van der Waals surface area contributed by atoms with Crippen LogP contribution in [0.1, 0.15) is 42.9 Å². The Kier molecular flexibility index (Phi) is 3.24. The number of hydrogen-bond donors (Lipinski definition) is 0. The molecule has 1 fully saturated rings. The molecule has 90 valence electrons. The lowest BCUT2D eigenvalue weighted by molar-refractivity contribution is 0.391. The number of nitriles is 1. The summed E-state index contributed by atoms with van der Waals surface area (Å²) >= 11 is 0. The van der Waals surface area contributed by atoms with Gasteiger partial charge in [0.2, 0.25) is 0 Å². The van der Waals surface area contributed by atoms with E-state index in [1.165, 1.54) is 23.1 Å². The Labute approximate surface area is 104 Å². The summed E-state index contributed by atoms with van der Waals surface area (Å²) in [6, 6.07) is 9.25. The van der Waals surface area contributed by atoms with E-state index in [1.807, 2.05) is 0 Å². The maximum atomic E-state index is 9.48. The van der Waals surface area contributed by atoms with Crippen LogP contribution in [-0.4, -0.2) is 0 Å². The first-order valence-corrected chi connectivity index (χ1v) is 6.51. The Bertz CT molecular complexity index is 435. The number of rotatable bonds is 2. The molecule has 1 aromatic rings. The van der Waals surface area contributed by atoms with E-state index in [4.69, 9.17) is 0 Å². The van der Waals surface area contributed by atoms with E-state index in [1.54, 1.807) is 0 Å². The number of hydrogen-bond acceptors (Lipinski definition) is 1. The summed E-state index contributed by atoms with van der Waals surface area (Å²) in [5.41, 5.74) is 3.84. The highest BCUT2D eigenvalue weighted by Gasteiger charge is 2.37. The van der Waals surface area contributed by atoms with Crippen molar-refractivity contribution in [1.29, 1.82) is 5.26 Å². The van der Waals surface area contributed by atoms with Crippen molar-refractivity contribution in [3.05, 3.63) is 34.9 Å². The van der Waals surface area contributed by atoms with Crippen LogP contribution in [0, 0.1) is 36.5 Å². The van der Waals surface area contributed by atoms with Crippen LogP contribution in [0.4, 0.5) is 0 Å². The zero-order valence-electron chi connectivity index (χ0n) is 11.1. The van der Waals surface area contributed by atoms with Crippen LogP contribution >= 0.6 is 0 Å². The highest BCUT2D eigenvalue weighted by molar-refractivity contribution is 5.30. The fourth-order valence-corrected chi connectivity index (χ4v) is 3.26. The highest BCUT2D eigenvalue weighted by atomic mass is 14.4. The maximum absolute atomic E-state index is 9.48. The smallest absolute Gasteiger partial charge is 0.0693 e. The van der Waals surface area contributed by atoms with E-state index < -0.39 is 0 Å². The standard InChI is InChI=1S/C16H21N/c1-12-4-5-16(9-12,11-17)10-15-7-13(2)6-14(3)8-15/h6-8,12H,4-5,9-10H2,1-3H3. The zero-order chi connectivity index (χ0) is 12.5. The van der Waals surface area contributed by atoms with E-state index in [0.29, 0.717) is 5.92 Å². The van der Waals surface area contributed by atoms with E-state index in [-0.39, 0.29) is 5.41 Å². The summed E-state index contributed by atoms with van der Waals surface area (Å²) in [6.07, 6.45) is 4.27.